The standard InChI is InChI=1S/C19H26N4O3S/c1-3-21-12-14-22(15-13-21)18(24)9-11-23(27(2,25)26)17-8-4-6-16-7-5-10-20-19(16)17/h4-8,10H,3,9,11-15H2,1-2H3. The van der Waals surface area contributed by atoms with Crippen LogP contribution < -0.4 is 4.31 Å². The number of carbonyl (C=O) groups excluding carboxylic acids is 1. The van der Waals surface area contributed by atoms with Gasteiger partial charge < -0.3 is 9.80 Å². The molecule has 1 amide bonds. The molecule has 0 saturated carbocycles. The van der Waals surface area contributed by atoms with Crippen LogP contribution in [0.1, 0.15) is 13.3 Å². The van der Waals surface area contributed by atoms with Crippen LogP contribution >= 0.6 is 0 Å². The minimum absolute atomic E-state index is 0.00685. The second-order valence-electron chi connectivity index (χ2n) is 6.75. The Morgan fingerprint density at radius 3 is 2.52 bits per heavy atom. The molecule has 1 fully saturated rings. The van der Waals surface area contributed by atoms with E-state index in [4.69, 9.17) is 0 Å². The van der Waals surface area contributed by atoms with Gasteiger partial charge in [-0.1, -0.05) is 25.1 Å². The van der Waals surface area contributed by atoms with Crippen LogP contribution in [0.15, 0.2) is 36.5 Å². The predicted octanol–water partition coefficient (Wildman–Crippen LogP) is 1.55. The summed E-state index contributed by atoms with van der Waals surface area (Å²) in [5, 5.41) is 0.866. The van der Waals surface area contributed by atoms with Crippen LogP contribution in [0.2, 0.25) is 0 Å². The molecule has 1 aromatic heterocycles. The van der Waals surface area contributed by atoms with Gasteiger partial charge in [0.05, 0.1) is 17.5 Å². The van der Waals surface area contributed by atoms with Crippen molar-refractivity contribution in [3.63, 3.8) is 0 Å². The van der Waals surface area contributed by atoms with Crippen molar-refractivity contribution >= 4 is 32.5 Å². The number of amides is 1. The van der Waals surface area contributed by atoms with Crippen molar-refractivity contribution < 1.29 is 13.2 Å². The van der Waals surface area contributed by atoms with Crippen LogP contribution in [0.5, 0.6) is 0 Å². The first-order chi connectivity index (χ1) is 12.9. The third kappa shape index (κ3) is 4.56. The Morgan fingerprint density at radius 1 is 1.15 bits per heavy atom. The largest absolute Gasteiger partial charge is 0.340 e. The molecule has 1 aromatic carbocycles. The number of piperazine rings is 1. The molecule has 0 aliphatic carbocycles. The number of likely N-dealkylation sites (N-methyl/N-ethyl adjacent to an activating group) is 1. The van der Waals surface area contributed by atoms with Crippen molar-refractivity contribution in [2.45, 2.75) is 13.3 Å². The van der Waals surface area contributed by atoms with Crippen LogP contribution in [0.3, 0.4) is 0 Å². The Hall–Kier alpha value is -2.19. The van der Waals surface area contributed by atoms with Crippen LogP contribution in [0.4, 0.5) is 5.69 Å². The summed E-state index contributed by atoms with van der Waals surface area (Å²) in [5.74, 6) is -0.00685. The molecule has 0 spiro atoms. The van der Waals surface area contributed by atoms with Gasteiger partial charge in [0.25, 0.3) is 0 Å². The molecule has 8 heteroatoms. The molecule has 0 atom stereocenters. The van der Waals surface area contributed by atoms with Crippen LogP contribution in [0.25, 0.3) is 10.9 Å². The summed E-state index contributed by atoms with van der Waals surface area (Å²) in [6.07, 6.45) is 2.96. The number of para-hydroxylation sites is 1. The zero-order chi connectivity index (χ0) is 19.4. The third-order valence-electron chi connectivity index (χ3n) is 4.98. The van der Waals surface area contributed by atoms with E-state index in [1.54, 1.807) is 12.3 Å². The van der Waals surface area contributed by atoms with Gasteiger partial charge in [-0.3, -0.25) is 14.1 Å². The third-order valence-corrected chi connectivity index (χ3v) is 6.16. The van der Waals surface area contributed by atoms with E-state index in [9.17, 15) is 13.2 Å². The first-order valence-electron chi connectivity index (χ1n) is 9.21. The number of pyridine rings is 1. The van der Waals surface area contributed by atoms with E-state index in [0.717, 1.165) is 25.0 Å². The van der Waals surface area contributed by atoms with Crippen molar-refractivity contribution in [2.24, 2.45) is 0 Å². The minimum Gasteiger partial charge on any atom is -0.340 e. The highest BCUT2D eigenvalue weighted by Gasteiger charge is 2.24. The Kier molecular flexibility index (Phi) is 5.96. The van der Waals surface area contributed by atoms with E-state index < -0.39 is 10.0 Å². The van der Waals surface area contributed by atoms with Gasteiger partial charge in [-0.25, -0.2) is 8.42 Å². The zero-order valence-corrected chi connectivity index (χ0v) is 16.7. The fourth-order valence-electron chi connectivity index (χ4n) is 3.42. The molecule has 3 rings (SSSR count). The van der Waals surface area contributed by atoms with Gasteiger partial charge in [0.1, 0.15) is 0 Å². The van der Waals surface area contributed by atoms with Gasteiger partial charge in [0.2, 0.25) is 15.9 Å². The Bertz CT molecular complexity index is 903. The maximum absolute atomic E-state index is 12.6. The second kappa shape index (κ2) is 8.22. The Balaban J connectivity index is 1.76. The van der Waals surface area contributed by atoms with Gasteiger partial charge in [-0.05, 0) is 18.7 Å². The first-order valence-corrected chi connectivity index (χ1v) is 11.1. The summed E-state index contributed by atoms with van der Waals surface area (Å²) in [6, 6.07) is 9.15. The number of fused-ring (bicyclic) bond motifs is 1. The molecule has 0 N–H and O–H groups in total. The molecule has 146 valence electrons. The molecule has 1 aliphatic rings. The normalized spacial score (nSPS) is 15.9. The summed E-state index contributed by atoms with van der Waals surface area (Å²) >= 11 is 0. The lowest BCUT2D eigenvalue weighted by atomic mass is 10.2. The number of carbonyl (C=O) groups is 1. The van der Waals surface area contributed by atoms with E-state index >= 15 is 0 Å². The molecule has 7 nitrogen and oxygen atoms in total. The topological polar surface area (TPSA) is 73.8 Å². The number of sulfonamides is 1. The maximum atomic E-state index is 12.6. The summed E-state index contributed by atoms with van der Waals surface area (Å²) < 4.78 is 26.1. The number of rotatable bonds is 6. The summed E-state index contributed by atoms with van der Waals surface area (Å²) in [5.41, 5.74) is 1.13. The molecule has 27 heavy (non-hydrogen) atoms. The number of hydrogen-bond acceptors (Lipinski definition) is 5. The number of benzene rings is 1. The number of aromatic nitrogens is 1. The van der Waals surface area contributed by atoms with Crippen molar-refractivity contribution in [2.75, 3.05) is 49.8 Å². The average molecular weight is 391 g/mol. The Labute approximate surface area is 160 Å². The van der Waals surface area contributed by atoms with Crippen LogP contribution in [-0.2, 0) is 14.8 Å². The van der Waals surface area contributed by atoms with E-state index in [-0.39, 0.29) is 18.9 Å². The predicted molar refractivity (Wildman–Crippen MR) is 107 cm³/mol. The fourth-order valence-corrected chi connectivity index (χ4v) is 4.35. The van der Waals surface area contributed by atoms with Gasteiger partial charge in [0, 0.05) is 50.7 Å². The molecule has 0 unspecified atom stereocenters. The lowest BCUT2D eigenvalue weighted by molar-refractivity contribution is -0.132. The van der Waals surface area contributed by atoms with Crippen molar-refractivity contribution in [1.82, 2.24) is 14.8 Å². The lowest BCUT2D eigenvalue weighted by Crippen LogP contribution is -2.49. The van der Waals surface area contributed by atoms with E-state index in [1.807, 2.05) is 29.2 Å². The molecular weight excluding hydrogens is 364 g/mol. The molecule has 1 saturated heterocycles. The number of anilines is 1. The number of nitrogens with zero attached hydrogens (tertiary/aromatic N) is 4. The van der Waals surface area contributed by atoms with Crippen molar-refractivity contribution in [3.8, 4) is 0 Å². The summed E-state index contributed by atoms with van der Waals surface area (Å²) in [7, 11) is -3.53. The van der Waals surface area contributed by atoms with Crippen LogP contribution in [-0.4, -0.2) is 74.6 Å². The van der Waals surface area contributed by atoms with Gasteiger partial charge in [0.15, 0.2) is 0 Å². The molecule has 2 heterocycles. The maximum Gasteiger partial charge on any atom is 0.232 e. The SMILES string of the molecule is CCN1CCN(C(=O)CCN(c2cccc3cccnc23)S(C)(=O)=O)CC1. The van der Waals surface area contributed by atoms with E-state index in [1.165, 1.54) is 10.6 Å². The smallest absolute Gasteiger partial charge is 0.232 e. The quantitative estimate of drug-likeness (QED) is 0.748. The molecule has 2 aromatic rings. The zero-order valence-electron chi connectivity index (χ0n) is 15.8. The second-order valence-corrected chi connectivity index (χ2v) is 8.66. The molecular formula is C19H26N4O3S. The molecule has 0 radical (unpaired) electrons. The molecule has 0 bridgehead atoms. The monoisotopic (exact) mass is 390 g/mol. The Morgan fingerprint density at radius 2 is 1.85 bits per heavy atom. The summed E-state index contributed by atoms with van der Waals surface area (Å²) in [6.45, 7) is 6.33. The van der Waals surface area contributed by atoms with E-state index in [0.29, 0.717) is 24.3 Å². The first kappa shape index (κ1) is 19.6. The highest BCUT2D eigenvalue weighted by molar-refractivity contribution is 7.92. The van der Waals surface area contributed by atoms with Gasteiger partial charge in [-0.2, -0.15) is 0 Å². The average Bonchev–Trinajstić information content (AvgIpc) is 2.67. The highest BCUT2D eigenvalue weighted by atomic mass is 32.2. The van der Waals surface area contributed by atoms with Crippen molar-refractivity contribution in [1.29, 1.82) is 0 Å². The van der Waals surface area contributed by atoms with Gasteiger partial charge >= 0.3 is 0 Å². The fraction of sp³-hybridized carbons (Fsp3) is 0.474. The molecule has 1 aliphatic heterocycles. The van der Waals surface area contributed by atoms with E-state index in [2.05, 4.69) is 16.8 Å². The lowest BCUT2D eigenvalue weighted by Gasteiger charge is -2.34. The minimum atomic E-state index is -3.53. The highest BCUT2D eigenvalue weighted by Crippen LogP contribution is 2.27. The number of hydrogen-bond donors (Lipinski definition) is 0. The van der Waals surface area contributed by atoms with Crippen LogP contribution in [0, 0.1) is 0 Å². The van der Waals surface area contributed by atoms with Gasteiger partial charge in [-0.15, -0.1) is 0 Å². The van der Waals surface area contributed by atoms with Crippen molar-refractivity contribution in [3.05, 3.63) is 36.5 Å². The summed E-state index contributed by atoms with van der Waals surface area (Å²) in [4.78, 5) is 21.1.